The van der Waals surface area contributed by atoms with E-state index >= 15 is 0 Å². The number of carbonyl (C=O) groups excluding carboxylic acids is 2. The van der Waals surface area contributed by atoms with E-state index < -0.39 is 5.97 Å². The Morgan fingerprint density at radius 2 is 1.95 bits per heavy atom. The summed E-state index contributed by atoms with van der Waals surface area (Å²) in [6.45, 7) is 3.64. The Morgan fingerprint density at radius 3 is 2.55 bits per heavy atom. The molecule has 0 aliphatic carbocycles. The molecule has 2 rings (SSSR count). The number of hydrogen-bond donors (Lipinski definition) is 0. The van der Waals surface area contributed by atoms with Crippen molar-refractivity contribution in [2.24, 2.45) is 0 Å². The molecule has 0 spiro atoms. The van der Waals surface area contributed by atoms with Crippen LogP contribution in [0.4, 0.5) is 0 Å². The van der Waals surface area contributed by atoms with E-state index in [4.69, 9.17) is 16.3 Å². The van der Waals surface area contributed by atoms with E-state index in [-0.39, 0.29) is 18.1 Å². The van der Waals surface area contributed by atoms with E-state index in [2.05, 4.69) is 5.10 Å². The molecule has 0 amide bonds. The zero-order valence-corrected chi connectivity index (χ0v) is 11.8. The van der Waals surface area contributed by atoms with E-state index in [9.17, 15) is 9.59 Å². The van der Waals surface area contributed by atoms with Crippen LogP contribution in [-0.4, -0.2) is 28.3 Å². The van der Waals surface area contributed by atoms with Crippen molar-refractivity contribution in [2.75, 3.05) is 6.61 Å². The van der Waals surface area contributed by atoms with Crippen LogP contribution in [0.5, 0.6) is 0 Å². The van der Waals surface area contributed by atoms with Crippen LogP contribution in [0.2, 0.25) is 5.02 Å². The molecule has 0 radical (unpaired) electrons. The minimum Gasteiger partial charge on any atom is -0.462 e. The van der Waals surface area contributed by atoms with Crippen molar-refractivity contribution in [2.45, 2.75) is 13.8 Å². The fourth-order valence-electron chi connectivity index (χ4n) is 1.74. The van der Waals surface area contributed by atoms with Crippen LogP contribution in [0.15, 0.2) is 30.5 Å². The van der Waals surface area contributed by atoms with E-state index in [1.807, 2.05) is 0 Å². The Balaban J connectivity index is 2.32. The van der Waals surface area contributed by atoms with Crippen molar-refractivity contribution in [3.63, 3.8) is 0 Å². The van der Waals surface area contributed by atoms with Gasteiger partial charge in [0.2, 0.25) is 0 Å². The predicted octanol–water partition coefficient (Wildman–Crippen LogP) is 2.71. The van der Waals surface area contributed by atoms with Gasteiger partial charge in [0.05, 0.1) is 18.5 Å². The standard InChI is InChI=1S/C14H13ClN2O3/c1-3-20-14(19)12-8-16-17(9(12)2)13(18)10-4-6-11(15)7-5-10/h4-8H,3H2,1-2H3. The average molecular weight is 293 g/mol. The molecule has 1 heterocycles. The number of aromatic nitrogens is 2. The normalized spacial score (nSPS) is 10.3. The molecule has 0 aliphatic rings. The third kappa shape index (κ3) is 2.72. The van der Waals surface area contributed by atoms with E-state index in [0.29, 0.717) is 16.3 Å². The number of rotatable bonds is 3. The monoisotopic (exact) mass is 292 g/mol. The summed E-state index contributed by atoms with van der Waals surface area (Å²) in [6, 6.07) is 6.46. The Labute approximate surface area is 121 Å². The first-order chi connectivity index (χ1) is 9.54. The molecule has 0 unspecified atom stereocenters. The van der Waals surface area contributed by atoms with Crippen molar-refractivity contribution in [3.8, 4) is 0 Å². The molecule has 6 heteroatoms. The summed E-state index contributed by atoms with van der Waals surface area (Å²) in [7, 11) is 0. The second-order valence-corrected chi connectivity index (χ2v) is 4.52. The lowest BCUT2D eigenvalue weighted by atomic mass is 10.2. The van der Waals surface area contributed by atoms with Gasteiger partial charge in [-0.1, -0.05) is 11.6 Å². The third-order valence-electron chi connectivity index (χ3n) is 2.79. The molecule has 0 atom stereocenters. The van der Waals surface area contributed by atoms with Crippen LogP contribution < -0.4 is 0 Å². The molecule has 0 saturated heterocycles. The zero-order chi connectivity index (χ0) is 14.7. The molecule has 1 aromatic carbocycles. The van der Waals surface area contributed by atoms with E-state index in [1.54, 1.807) is 38.1 Å². The van der Waals surface area contributed by atoms with Gasteiger partial charge in [0, 0.05) is 10.6 Å². The highest BCUT2D eigenvalue weighted by Crippen LogP contribution is 2.14. The van der Waals surface area contributed by atoms with Gasteiger partial charge in [-0.3, -0.25) is 4.79 Å². The van der Waals surface area contributed by atoms with E-state index in [0.717, 1.165) is 0 Å². The molecule has 0 fully saturated rings. The molecule has 5 nitrogen and oxygen atoms in total. The maximum absolute atomic E-state index is 12.3. The summed E-state index contributed by atoms with van der Waals surface area (Å²) in [5.41, 5.74) is 1.17. The lowest BCUT2D eigenvalue weighted by Crippen LogP contribution is -2.16. The van der Waals surface area contributed by atoms with Crippen molar-refractivity contribution >= 4 is 23.5 Å². The van der Waals surface area contributed by atoms with Crippen LogP contribution in [0.25, 0.3) is 0 Å². The fraction of sp³-hybridized carbons (Fsp3) is 0.214. The molecule has 1 aromatic heterocycles. The first kappa shape index (κ1) is 14.3. The van der Waals surface area contributed by atoms with Crippen LogP contribution in [-0.2, 0) is 4.74 Å². The van der Waals surface area contributed by atoms with Gasteiger partial charge in [-0.15, -0.1) is 0 Å². The highest BCUT2D eigenvalue weighted by molar-refractivity contribution is 6.30. The van der Waals surface area contributed by atoms with Crippen molar-refractivity contribution < 1.29 is 14.3 Å². The molecule has 0 saturated carbocycles. The van der Waals surface area contributed by atoms with Crippen molar-refractivity contribution in [1.82, 2.24) is 9.78 Å². The number of benzene rings is 1. The number of nitrogens with zero attached hydrogens (tertiary/aromatic N) is 2. The minimum absolute atomic E-state index is 0.272. The second kappa shape index (κ2) is 5.88. The summed E-state index contributed by atoms with van der Waals surface area (Å²) in [5.74, 6) is -0.810. The molecule has 104 valence electrons. The van der Waals surface area contributed by atoms with Gasteiger partial charge >= 0.3 is 5.97 Å². The van der Waals surface area contributed by atoms with Crippen LogP contribution in [0.3, 0.4) is 0 Å². The minimum atomic E-state index is -0.486. The number of ether oxygens (including phenoxy) is 1. The van der Waals surface area contributed by atoms with E-state index in [1.165, 1.54) is 10.9 Å². The summed E-state index contributed by atoms with van der Waals surface area (Å²) >= 11 is 5.78. The quantitative estimate of drug-likeness (QED) is 0.816. The Morgan fingerprint density at radius 1 is 1.30 bits per heavy atom. The topological polar surface area (TPSA) is 61.2 Å². The second-order valence-electron chi connectivity index (χ2n) is 4.09. The van der Waals surface area contributed by atoms with Crippen molar-refractivity contribution in [1.29, 1.82) is 0 Å². The highest BCUT2D eigenvalue weighted by Gasteiger charge is 2.19. The number of hydrogen-bond acceptors (Lipinski definition) is 4. The maximum Gasteiger partial charge on any atom is 0.341 e. The van der Waals surface area contributed by atoms with Gasteiger partial charge in [0.15, 0.2) is 0 Å². The van der Waals surface area contributed by atoms with Gasteiger partial charge in [0.25, 0.3) is 5.91 Å². The first-order valence-corrected chi connectivity index (χ1v) is 6.44. The summed E-state index contributed by atoms with van der Waals surface area (Å²) in [5, 5.41) is 4.50. The molecule has 0 bridgehead atoms. The van der Waals surface area contributed by atoms with Gasteiger partial charge in [-0.05, 0) is 38.1 Å². The fourth-order valence-corrected chi connectivity index (χ4v) is 1.86. The Hall–Kier alpha value is -2.14. The maximum atomic E-state index is 12.3. The van der Waals surface area contributed by atoms with Gasteiger partial charge in [0.1, 0.15) is 5.56 Å². The SMILES string of the molecule is CCOC(=O)c1cnn(C(=O)c2ccc(Cl)cc2)c1C. The van der Waals surface area contributed by atoms with Crippen molar-refractivity contribution in [3.05, 3.63) is 52.3 Å². The number of halogens is 1. The molecule has 2 aromatic rings. The molecule has 0 N–H and O–H groups in total. The van der Waals surface area contributed by atoms with Gasteiger partial charge in [-0.2, -0.15) is 5.10 Å². The van der Waals surface area contributed by atoms with Gasteiger partial charge < -0.3 is 4.74 Å². The number of carbonyl (C=O) groups is 2. The summed E-state index contributed by atoms with van der Waals surface area (Å²) in [6.07, 6.45) is 1.33. The molecule has 0 aliphatic heterocycles. The molecular weight excluding hydrogens is 280 g/mol. The van der Waals surface area contributed by atoms with Crippen LogP contribution >= 0.6 is 11.6 Å². The Kier molecular flexibility index (Phi) is 4.20. The highest BCUT2D eigenvalue weighted by atomic mass is 35.5. The summed E-state index contributed by atoms with van der Waals surface area (Å²) in [4.78, 5) is 24.0. The largest absolute Gasteiger partial charge is 0.462 e. The molecule has 20 heavy (non-hydrogen) atoms. The average Bonchev–Trinajstić information content (AvgIpc) is 2.81. The van der Waals surface area contributed by atoms with Crippen LogP contribution in [0, 0.1) is 6.92 Å². The molecular formula is C14H13ClN2O3. The number of esters is 1. The zero-order valence-electron chi connectivity index (χ0n) is 11.1. The predicted molar refractivity (Wildman–Crippen MR) is 74.1 cm³/mol. The Bertz CT molecular complexity index is 647. The smallest absolute Gasteiger partial charge is 0.341 e. The lowest BCUT2D eigenvalue weighted by molar-refractivity contribution is 0.0525. The summed E-state index contributed by atoms with van der Waals surface area (Å²) < 4.78 is 6.08. The van der Waals surface area contributed by atoms with Gasteiger partial charge in [-0.25, -0.2) is 9.48 Å². The lowest BCUT2D eigenvalue weighted by Gasteiger charge is -2.04. The van der Waals surface area contributed by atoms with Crippen LogP contribution in [0.1, 0.15) is 33.3 Å². The first-order valence-electron chi connectivity index (χ1n) is 6.06. The third-order valence-corrected chi connectivity index (χ3v) is 3.04.